The normalized spacial score (nSPS) is 12.8. The van der Waals surface area contributed by atoms with E-state index in [0.717, 1.165) is 27.7 Å². The maximum Gasteiger partial charge on any atom is 0.261 e. The SMILES string of the molecule is C/N=C(\N)c1cc(C)c2nc(-c3c(NC[C@@H](O)c4ccccc4)cc[nH]c3=O)[nH]c2c1. The number of hydrogen-bond acceptors (Lipinski definition) is 5. The van der Waals surface area contributed by atoms with Crippen molar-refractivity contribution in [3.63, 3.8) is 0 Å². The Labute approximate surface area is 178 Å². The standard InChI is InChI=1S/C23H24N6O2/c1-13-10-15(21(24)25-2)11-17-20(13)29-22(28-17)19-16(8-9-26-23(19)31)27-12-18(30)14-6-4-3-5-7-14/h3-11,18,30H,12H2,1-2H3,(H2,24,25)(H,28,29)(H2,26,27,31)/t18-/m1/s1. The van der Waals surface area contributed by atoms with Crippen LogP contribution >= 0.6 is 0 Å². The van der Waals surface area contributed by atoms with Crippen molar-refractivity contribution < 1.29 is 5.11 Å². The molecule has 2 aromatic carbocycles. The number of aromatic amines is 2. The summed E-state index contributed by atoms with van der Waals surface area (Å²) in [4.78, 5) is 27.3. The smallest absolute Gasteiger partial charge is 0.261 e. The molecule has 0 aliphatic carbocycles. The number of aromatic nitrogens is 3. The van der Waals surface area contributed by atoms with Crippen molar-refractivity contribution in [2.75, 3.05) is 18.9 Å². The number of rotatable bonds is 6. The lowest BCUT2D eigenvalue weighted by Crippen LogP contribution is -2.17. The van der Waals surface area contributed by atoms with Crippen molar-refractivity contribution in [2.24, 2.45) is 10.7 Å². The van der Waals surface area contributed by atoms with E-state index in [-0.39, 0.29) is 12.1 Å². The van der Waals surface area contributed by atoms with Crippen molar-refractivity contribution >= 4 is 22.6 Å². The molecule has 0 fully saturated rings. The van der Waals surface area contributed by atoms with Crippen LogP contribution in [0.15, 0.2) is 64.5 Å². The molecule has 8 nitrogen and oxygen atoms in total. The predicted molar refractivity (Wildman–Crippen MR) is 123 cm³/mol. The first-order chi connectivity index (χ1) is 15.0. The summed E-state index contributed by atoms with van der Waals surface area (Å²) in [5.74, 6) is 0.858. The van der Waals surface area contributed by atoms with E-state index >= 15 is 0 Å². The predicted octanol–water partition coefficient (Wildman–Crippen LogP) is 2.71. The molecule has 0 unspecified atom stereocenters. The Balaban J connectivity index is 1.71. The fourth-order valence-corrected chi connectivity index (χ4v) is 3.55. The van der Waals surface area contributed by atoms with Gasteiger partial charge in [-0.05, 0) is 36.2 Å². The topological polar surface area (TPSA) is 132 Å². The Morgan fingerprint density at radius 1 is 1.26 bits per heavy atom. The van der Waals surface area contributed by atoms with Gasteiger partial charge in [0.25, 0.3) is 5.56 Å². The Morgan fingerprint density at radius 3 is 2.77 bits per heavy atom. The minimum absolute atomic E-state index is 0.243. The summed E-state index contributed by atoms with van der Waals surface area (Å²) >= 11 is 0. The second-order valence-electron chi connectivity index (χ2n) is 7.29. The van der Waals surface area contributed by atoms with Gasteiger partial charge in [-0.3, -0.25) is 9.79 Å². The number of anilines is 1. The number of amidine groups is 1. The van der Waals surface area contributed by atoms with E-state index in [1.54, 1.807) is 19.3 Å². The van der Waals surface area contributed by atoms with Gasteiger partial charge in [0.05, 0.1) is 22.8 Å². The number of imidazole rings is 1. The molecule has 0 amide bonds. The second-order valence-corrected chi connectivity index (χ2v) is 7.29. The Bertz CT molecular complexity index is 1310. The zero-order chi connectivity index (χ0) is 22.0. The zero-order valence-corrected chi connectivity index (χ0v) is 17.3. The average molecular weight is 416 g/mol. The highest BCUT2D eigenvalue weighted by molar-refractivity contribution is 6.01. The van der Waals surface area contributed by atoms with Crippen LogP contribution in [0.2, 0.25) is 0 Å². The quantitative estimate of drug-likeness (QED) is 0.244. The lowest BCUT2D eigenvalue weighted by Gasteiger charge is -2.14. The minimum atomic E-state index is -0.717. The van der Waals surface area contributed by atoms with Gasteiger partial charge in [-0.25, -0.2) is 4.98 Å². The lowest BCUT2D eigenvalue weighted by molar-refractivity contribution is 0.191. The van der Waals surface area contributed by atoms with Gasteiger partial charge in [-0.15, -0.1) is 0 Å². The summed E-state index contributed by atoms with van der Waals surface area (Å²) in [5.41, 5.74) is 10.6. The highest BCUT2D eigenvalue weighted by Gasteiger charge is 2.17. The van der Waals surface area contributed by atoms with Crippen LogP contribution in [0, 0.1) is 6.92 Å². The van der Waals surface area contributed by atoms with Crippen LogP contribution in [-0.4, -0.2) is 39.5 Å². The number of fused-ring (bicyclic) bond motifs is 1. The summed E-state index contributed by atoms with van der Waals surface area (Å²) in [7, 11) is 1.64. The lowest BCUT2D eigenvalue weighted by atomic mass is 10.1. The first-order valence-electron chi connectivity index (χ1n) is 9.90. The maximum atomic E-state index is 12.7. The molecule has 1 atom stereocenters. The monoisotopic (exact) mass is 416 g/mol. The summed E-state index contributed by atoms with van der Waals surface area (Å²) in [5, 5.41) is 13.7. The van der Waals surface area contributed by atoms with Crippen molar-refractivity contribution in [2.45, 2.75) is 13.0 Å². The summed E-state index contributed by atoms with van der Waals surface area (Å²) < 4.78 is 0. The van der Waals surface area contributed by atoms with Crippen LogP contribution in [0.3, 0.4) is 0 Å². The van der Waals surface area contributed by atoms with E-state index in [1.807, 2.05) is 49.4 Å². The number of nitrogens with zero attached hydrogens (tertiary/aromatic N) is 2. The van der Waals surface area contributed by atoms with E-state index in [2.05, 4.69) is 25.3 Å². The molecule has 0 saturated heterocycles. The van der Waals surface area contributed by atoms with Gasteiger partial charge in [0.1, 0.15) is 17.2 Å². The highest BCUT2D eigenvalue weighted by Crippen LogP contribution is 2.27. The van der Waals surface area contributed by atoms with Crippen LogP contribution in [-0.2, 0) is 0 Å². The molecule has 4 rings (SSSR count). The van der Waals surface area contributed by atoms with Gasteiger partial charge in [-0.2, -0.15) is 0 Å². The molecule has 6 N–H and O–H groups in total. The molecule has 0 aliphatic heterocycles. The van der Waals surface area contributed by atoms with Gasteiger partial charge >= 0.3 is 0 Å². The van der Waals surface area contributed by atoms with E-state index in [0.29, 0.717) is 22.9 Å². The van der Waals surface area contributed by atoms with Gasteiger partial charge in [0.15, 0.2) is 0 Å². The minimum Gasteiger partial charge on any atom is -0.387 e. The number of aliphatic hydroxyl groups excluding tert-OH is 1. The molecule has 4 aromatic rings. The van der Waals surface area contributed by atoms with E-state index < -0.39 is 6.10 Å². The van der Waals surface area contributed by atoms with E-state index in [9.17, 15) is 9.90 Å². The fourth-order valence-electron chi connectivity index (χ4n) is 3.55. The molecule has 158 valence electrons. The third-order valence-electron chi connectivity index (χ3n) is 5.18. The molecule has 0 saturated carbocycles. The molecule has 31 heavy (non-hydrogen) atoms. The first-order valence-corrected chi connectivity index (χ1v) is 9.90. The number of nitrogens with one attached hydrogen (secondary N) is 3. The molecular weight excluding hydrogens is 392 g/mol. The van der Waals surface area contributed by atoms with Crippen molar-refractivity contribution in [1.82, 2.24) is 15.0 Å². The molecule has 0 spiro atoms. The number of hydrogen-bond donors (Lipinski definition) is 5. The Hall–Kier alpha value is -3.91. The maximum absolute atomic E-state index is 12.7. The third kappa shape index (κ3) is 4.06. The van der Waals surface area contributed by atoms with Crippen LogP contribution in [0.1, 0.15) is 22.8 Å². The number of benzene rings is 2. The summed E-state index contributed by atoms with van der Waals surface area (Å²) in [6.07, 6.45) is 0.846. The zero-order valence-electron chi connectivity index (χ0n) is 17.3. The molecular formula is C23H24N6O2. The average Bonchev–Trinajstić information content (AvgIpc) is 3.21. The van der Waals surface area contributed by atoms with Crippen LogP contribution in [0.25, 0.3) is 22.4 Å². The molecule has 2 heterocycles. The van der Waals surface area contributed by atoms with Crippen molar-refractivity contribution in [1.29, 1.82) is 0 Å². The van der Waals surface area contributed by atoms with Gasteiger partial charge < -0.3 is 26.1 Å². The number of nitrogens with two attached hydrogens (primary N) is 1. The van der Waals surface area contributed by atoms with Gasteiger partial charge in [-0.1, -0.05) is 30.3 Å². The Kier molecular flexibility index (Phi) is 5.55. The highest BCUT2D eigenvalue weighted by atomic mass is 16.3. The molecule has 8 heteroatoms. The molecule has 0 bridgehead atoms. The molecule has 0 radical (unpaired) electrons. The molecule has 2 aromatic heterocycles. The van der Waals surface area contributed by atoms with Crippen molar-refractivity contribution in [3.05, 3.63) is 81.8 Å². The van der Waals surface area contributed by atoms with Crippen LogP contribution in [0.5, 0.6) is 0 Å². The largest absolute Gasteiger partial charge is 0.387 e. The number of aliphatic hydroxyl groups is 1. The van der Waals surface area contributed by atoms with Crippen LogP contribution in [0.4, 0.5) is 5.69 Å². The number of aryl methyl sites for hydroxylation is 1. The van der Waals surface area contributed by atoms with E-state index in [4.69, 9.17) is 5.73 Å². The van der Waals surface area contributed by atoms with E-state index in [1.165, 1.54) is 0 Å². The third-order valence-corrected chi connectivity index (χ3v) is 5.18. The number of H-pyrrole nitrogens is 2. The summed E-state index contributed by atoms with van der Waals surface area (Å²) in [6.45, 7) is 2.18. The Morgan fingerprint density at radius 2 is 2.03 bits per heavy atom. The van der Waals surface area contributed by atoms with Gasteiger partial charge in [0, 0.05) is 25.4 Å². The van der Waals surface area contributed by atoms with Crippen LogP contribution < -0.4 is 16.6 Å². The van der Waals surface area contributed by atoms with Crippen molar-refractivity contribution in [3.8, 4) is 11.4 Å². The number of pyridine rings is 1. The number of aliphatic imine (C=N–C) groups is 1. The van der Waals surface area contributed by atoms with Gasteiger partial charge in [0.2, 0.25) is 0 Å². The summed E-state index contributed by atoms with van der Waals surface area (Å²) in [6, 6.07) is 14.9. The fraction of sp³-hybridized carbons (Fsp3) is 0.174. The second kappa shape index (κ2) is 8.45. The molecule has 0 aliphatic rings. The first kappa shape index (κ1) is 20.4.